The molecule has 3 heterocycles. The van der Waals surface area contributed by atoms with Gasteiger partial charge in [-0.05, 0) is 17.7 Å². The molecule has 0 aromatic heterocycles. The summed E-state index contributed by atoms with van der Waals surface area (Å²) >= 11 is 12.1. The van der Waals surface area contributed by atoms with Crippen LogP contribution in [0.15, 0.2) is 23.2 Å². The van der Waals surface area contributed by atoms with Gasteiger partial charge < -0.3 is 10.2 Å². The highest BCUT2D eigenvalue weighted by molar-refractivity contribution is 6.42. The van der Waals surface area contributed by atoms with Crippen LogP contribution >= 0.6 is 23.2 Å². The maximum atomic E-state index is 6.10. The molecule has 0 spiro atoms. The van der Waals surface area contributed by atoms with Crippen molar-refractivity contribution < 1.29 is 0 Å². The van der Waals surface area contributed by atoms with E-state index in [0.29, 0.717) is 16.1 Å². The Morgan fingerprint density at radius 3 is 2.58 bits per heavy atom. The molecular weight excluding hydrogens is 345 g/mol. The zero-order chi connectivity index (χ0) is 17.1. The van der Waals surface area contributed by atoms with Crippen molar-refractivity contribution in [3.63, 3.8) is 0 Å². The average molecular weight is 370 g/mol. The lowest BCUT2D eigenvalue weighted by Crippen LogP contribution is -2.63. The van der Waals surface area contributed by atoms with Crippen LogP contribution in [0.1, 0.15) is 5.56 Å². The summed E-state index contributed by atoms with van der Waals surface area (Å²) in [5.41, 5.74) is 1.11. The molecule has 3 aliphatic heterocycles. The predicted octanol–water partition coefficient (Wildman–Crippen LogP) is 2.00. The molecule has 2 bridgehead atoms. The second-order valence-electron chi connectivity index (χ2n) is 6.52. The zero-order valence-electron chi connectivity index (χ0n) is 14.3. The highest BCUT2D eigenvalue weighted by Crippen LogP contribution is 2.23. The minimum atomic E-state index is 0.572. The topological polar surface area (TPSA) is 34.1 Å². The molecule has 3 saturated heterocycles. The first-order valence-electron chi connectivity index (χ1n) is 8.39. The van der Waals surface area contributed by atoms with Gasteiger partial charge >= 0.3 is 0 Å². The molecule has 0 amide bonds. The summed E-state index contributed by atoms with van der Waals surface area (Å²) in [7, 11) is 3.86. The van der Waals surface area contributed by atoms with Crippen molar-refractivity contribution in [2.24, 2.45) is 4.99 Å². The number of nitrogens with zero attached hydrogens (tertiary/aromatic N) is 4. The standard InChI is InChI=1S/C17H25Cl2N5/c1-20-17(21-10-14-12-23-5-7-24(14)8-6-23)22(2)11-13-3-4-15(18)16(19)9-13/h3-4,9,14H,5-8,10-12H2,1-2H3,(H,20,21). The lowest BCUT2D eigenvalue weighted by molar-refractivity contribution is 0.0152. The number of fused-ring (bicyclic) bond motifs is 3. The SMILES string of the molecule is CN=C(NCC1CN2CCN1CC2)N(C)Cc1ccc(Cl)c(Cl)c1. The summed E-state index contributed by atoms with van der Waals surface area (Å²) in [6.45, 7) is 7.60. The molecule has 132 valence electrons. The van der Waals surface area contributed by atoms with Crippen molar-refractivity contribution in [2.75, 3.05) is 53.4 Å². The van der Waals surface area contributed by atoms with Crippen LogP contribution in [0.2, 0.25) is 10.0 Å². The van der Waals surface area contributed by atoms with Gasteiger partial charge in [-0.25, -0.2) is 0 Å². The molecule has 24 heavy (non-hydrogen) atoms. The Morgan fingerprint density at radius 2 is 2.00 bits per heavy atom. The summed E-state index contributed by atoms with van der Waals surface area (Å²) in [5.74, 6) is 0.902. The number of piperazine rings is 3. The second kappa shape index (κ2) is 7.91. The van der Waals surface area contributed by atoms with Crippen molar-refractivity contribution in [3.05, 3.63) is 33.8 Å². The molecule has 1 atom stereocenters. The molecule has 3 fully saturated rings. The van der Waals surface area contributed by atoms with E-state index in [2.05, 4.69) is 25.0 Å². The molecule has 7 heteroatoms. The minimum Gasteiger partial charge on any atom is -0.355 e. The number of hydrogen-bond acceptors (Lipinski definition) is 3. The second-order valence-corrected chi connectivity index (χ2v) is 7.34. The Kier molecular flexibility index (Phi) is 5.87. The van der Waals surface area contributed by atoms with E-state index >= 15 is 0 Å². The fourth-order valence-electron chi connectivity index (χ4n) is 3.50. The first-order valence-corrected chi connectivity index (χ1v) is 9.14. The summed E-state index contributed by atoms with van der Waals surface area (Å²) in [5, 5.41) is 4.69. The van der Waals surface area contributed by atoms with Crippen LogP contribution in [0, 0.1) is 0 Å². The van der Waals surface area contributed by atoms with Gasteiger partial charge in [0.1, 0.15) is 0 Å². The van der Waals surface area contributed by atoms with Crippen molar-refractivity contribution in [3.8, 4) is 0 Å². The van der Waals surface area contributed by atoms with Crippen LogP contribution in [0.25, 0.3) is 0 Å². The number of nitrogens with one attached hydrogen (secondary N) is 1. The van der Waals surface area contributed by atoms with E-state index in [1.807, 2.05) is 32.3 Å². The van der Waals surface area contributed by atoms with E-state index in [4.69, 9.17) is 23.2 Å². The van der Waals surface area contributed by atoms with Crippen molar-refractivity contribution in [1.82, 2.24) is 20.0 Å². The van der Waals surface area contributed by atoms with Gasteiger partial charge in [-0.15, -0.1) is 0 Å². The molecule has 1 unspecified atom stereocenters. The van der Waals surface area contributed by atoms with E-state index in [-0.39, 0.29) is 0 Å². The molecule has 0 aliphatic carbocycles. The summed E-state index contributed by atoms with van der Waals surface area (Å²) in [4.78, 5) is 11.7. The number of halogens is 2. The molecule has 4 rings (SSSR count). The van der Waals surface area contributed by atoms with Crippen molar-refractivity contribution in [2.45, 2.75) is 12.6 Å². The monoisotopic (exact) mass is 369 g/mol. The van der Waals surface area contributed by atoms with Crippen LogP contribution in [0.4, 0.5) is 0 Å². The fraction of sp³-hybridized carbons (Fsp3) is 0.588. The third-order valence-corrected chi connectivity index (χ3v) is 5.60. The van der Waals surface area contributed by atoms with Gasteiger partial charge in [0.05, 0.1) is 10.0 Å². The first kappa shape index (κ1) is 17.8. The van der Waals surface area contributed by atoms with Gasteiger partial charge in [-0.1, -0.05) is 29.3 Å². The van der Waals surface area contributed by atoms with Crippen LogP contribution in [0.3, 0.4) is 0 Å². The zero-order valence-corrected chi connectivity index (χ0v) is 15.8. The number of aliphatic imine (C=N–C) groups is 1. The summed E-state index contributed by atoms with van der Waals surface area (Å²) in [6, 6.07) is 6.32. The number of benzene rings is 1. The number of hydrogen-bond donors (Lipinski definition) is 1. The van der Waals surface area contributed by atoms with Crippen LogP contribution in [0.5, 0.6) is 0 Å². The largest absolute Gasteiger partial charge is 0.355 e. The molecule has 0 radical (unpaired) electrons. The van der Waals surface area contributed by atoms with Crippen LogP contribution in [-0.4, -0.2) is 80.1 Å². The van der Waals surface area contributed by atoms with E-state index in [1.165, 1.54) is 26.2 Å². The lowest BCUT2D eigenvalue weighted by atomic mass is 10.1. The maximum Gasteiger partial charge on any atom is 0.193 e. The van der Waals surface area contributed by atoms with Gasteiger partial charge in [0.15, 0.2) is 5.96 Å². The van der Waals surface area contributed by atoms with Gasteiger partial charge in [-0.2, -0.15) is 0 Å². The van der Waals surface area contributed by atoms with E-state index in [1.54, 1.807) is 0 Å². The highest BCUT2D eigenvalue weighted by atomic mass is 35.5. The fourth-order valence-corrected chi connectivity index (χ4v) is 3.82. The lowest BCUT2D eigenvalue weighted by Gasteiger charge is -2.47. The molecular formula is C17H25Cl2N5. The average Bonchev–Trinajstić information content (AvgIpc) is 2.60. The molecule has 3 aliphatic rings. The van der Waals surface area contributed by atoms with Crippen molar-refractivity contribution in [1.29, 1.82) is 0 Å². The molecule has 1 N–H and O–H groups in total. The van der Waals surface area contributed by atoms with Crippen LogP contribution < -0.4 is 5.32 Å². The molecule has 5 nitrogen and oxygen atoms in total. The Labute approximate surface area is 154 Å². The third-order valence-electron chi connectivity index (χ3n) is 4.87. The van der Waals surface area contributed by atoms with E-state index in [0.717, 1.165) is 31.2 Å². The smallest absolute Gasteiger partial charge is 0.193 e. The van der Waals surface area contributed by atoms with Gasteiger partial charge in [0.25, 0.3) is 0 Å². The first-order chi connectivity index (χ1) is 11.6. The Balaban J connectivity index is 1.54. The van der Waals surface area contributed by atoms with E-state index < -0.39 is 0 Å². The minimum absolute atomic E-state index is 0.572. The Bertz CT molecular complexity index is 599. The number of rotatable bonds is 4. The normalized spacial score (nSPS) is 26.5. The van der Waals surface area contributed by atoms with Gasteiger partial charge in [0, 0.05) is 66.0 Å². The summed E-state index contributed by atoms with van der Waals surface area (Å²) in [6.07, 6.45) is 0. The molecule has 1 aromatic carbocycles. The van der Waals surface area contributed by atoms with Crippen molar-refractivity contribution >= 4 is 29.2 Å². The molecule has 1 aromatic rings. The van der Waals surface area contributed by atoms with E-state index in [9.17, 15) is 0 Å². The molecule has 0 saturated carbocycles. The Morgan fingerprint density at radius 1 is 1.25 bits per heavy atom. The summed E-state index contributed by atoms with van der Waals surface area (Å²) < 4.78 is 0. The van der Waals surface area contributed by atoms with Gasteiger partial charge in [-0.3, -0.25) is 14.8 Å². The third kappa shape index (κ3) is 4.14. The Hall–Kier alpha value is -1.01. The predicted molar refractivity (Wildman–Crippen MR) is 101 cm³/mol. The van der Waals surface area contributed by atoms with Gasteiger partial charge in [0.2, 0.25) is 0 Å². The number of guanidine groups is 1. The van der Waals surface area contributed by atoms with Crippen LogP contribution in [-0.2, 0) is 6.54 Å². The maximum absolute atomic E-state index is 6.10. The quantitative estimate of drug-likeness (QED) is 0.650. The highest BCUT2D eigenvalue weighted by Gasteiger charge is 2.31.